The minimum Gasteiger partial charge on any atom is -0.479 e. The summed E-state index contributed by atoms with van der Waals surface area (Å²) in [5.74, 6) is -2.58. The molecule has 0 bridgehead atoms. The summed E-state index contributed by atoms with van der Waals surface area (Å²) in [4.78, 5) is 10.3. The number of hydrogen-bond donors (Lipinski definition) is 3. The van der Waals surface area contributed by atoms with Crippen LogP contribution in [0.2, 0.25) is 5.02 Å². The summed E-state index contributed by atoms with van der Waals surface area (Å²) >= 11 is 5.93. The van der Waals surface area contributed by atoms with Crippen molar-refractivity contribution in [2.45, 2.75) is 22.3 Å². The van der Waals surface area contributed by atoms with Crippen LogP contribution < -0.4 is 10.1 Å². The number of halogens is 3. The van der Waals surface area contributed by atoms with Crippen molar-refractivity contribution in [1.29, 1.82) is 0 Å². The number of aliphatic carboxylic acids is 1. The van der Waals surface area contributed by atoms with E-state index in [9.17, 15) is 22.7 Å². The molecule has 3 N–H and O–H groups in total. The van der Waals surface area contributed by atoms with Gasteiger partial charge in [0.2, 0.25) is 9.84 Å². The lowest BCUT2D eigenvalue weighted by atomic mass is 10.1. The monoisotopic (exact) mass is 543 g/mol. The van der Waals surface area contributed by atoms with Gasteiger partial charge in [-0.2, -0.15) is 0 Å². The zero-order valence-corrected chi connectivity index (χ0v) is 20.7. The van der Waals surface area contributed by atoms with Gasteiger partial charge in [0, 0.05) is 11.6 Å². The first-order valence-electron chi connectivity index (χ1n) is 10.3. The summed E-state index contributed by atoms with van der Waals surface area (Å²) in [5.41, 5.74) is 1.60. The number of benzene rings is 3. The van der Waals surface area contributed by atoms with Crippen LogP contribution in [0.25, 0.3) is 0 Å². The van der Waals surface area contributed by atoms with E-state index in [-0.39, 0.29) is 27.9 Å². The molecule has 3 aromatic carbocycles. The predicted octanol–water partition coefficient (Wildman–Crippen LogP) is 4.06. The van der Waals surface area contributed by atoms with Crippen LogP contribution >= 0.6 is 24.0 Å². The maximum absolute atomic E-state index is 14.2. The van der Waals surface area contributed by atoms with Gasteiger partial charge in [-0.05, 0) is 66.6 Å². The van der Waals surface area contributed by atoms with Crippen LogP contribution in [0.3, 0.4) is 0 Å². The van der Waals surface area contributed by atoms with E-state index in [2.05, 4.69) is 5.32 Å². The van der Waals surface area contributed by atoms with Crippen LogP contribution in [-0.2, 0) is 21.1 Å². The molecule has 0 aliphatic rings. The number of aliphatic hydroxyl groups excluding tert-OH is 1. The molecule has 0 aliphatic heterocycles. The molecule has 7 nitrogen and oxygen atoms in total. The average molecular weight is 544 g/mol. The summed E-state index contributed by atoms with van der Waals surface area (Å²) < 4.78 is 44.6. The molecule has 0 saturated carbocycles. The smallest absolute Gasteiger partial charge is 0.341 e. The second-order valence-corrected chi connectivity index (χ2v) is 9.83. The van der Waals surface area contributed by atoms with Crippen LogP contribution in [0.4, 0.5) is 4.39 Å². The van der Waals surface area contributed by atoms with E-state index in [0.29, 0.717) is 30.1 Å². The van der Waals surface area contributed by atoms with Gasteiger partial charge < -0.3 is 20.3 Å². The molecule has 3 aromatic rings. The molecule has 35 heavy (non-hydrogen) atoms. The van der Waals surface area contributed by atoms with Crippen LogP contribution in [0.5, 0.6) is 5.75 Å². The van der Waals surface area contributed by atoms with Crippen molar-refractivity contribution >= 4 is 39.8 Å². The molecule has 0 saturated heterocycles. The van der Waals surface area contributed by atoms with E-state index in [4.69, 9.17) is 21.4 Å². The van der Waals surface area contributed by atoms with Crippen molar-refractivity contribution in [2.24, 2.45) is 0 Å². The Kier molecular flexibility index (Phi) is 10.5. The van der Waals surface area contributed by atoms with Gasteiger partial charge >= 0.3 is 5.97 Å². The van der Waals surface area contributed by atoms with Gasteiger partial charge in [-0.25, -0.2) is 17.6 Å². The fraction of sp³-hybridized carbons (Fsp3) is 0.208. The first kappa shape index (κ1) is 28.5. The van der Waals surface area contributed by atoms with Gasteiger partial charge in [-0.15, -0.1) is 12.4 Å². The van der Waals surface area contributed by atoms with Gasteiger partial charge in [0.05, 0.1) is 15.9 Å². The van der Waals surface area contributed by atoms with Crippen molar-refractivity contribution < 1.29 is 32.6 Å². The average Bonchev–Trinajstić information content (AvgIpc) is 2.81. The quantitative estimate of drug-likeness (QED) is 0.312. The summed E-state index contributed by atoms with van der Waals surface area (Å²) in [7, 11) is -3.97. The number of carboxylic acids is 1. The highest BCUT2D eigenvalue weighted by molar-refractivity contribution is 7.91. The molecule has 0 spiro atoms. The van der Waals surface area contributed by atoms with Crippen LogP contribution in [-0.4, -0.2) is 44.3 Å². The van der Waals surface area contributed by atoms with E-state index >= 15 is 0 Å². The molecule has 188 valence electrons. The Labute approximate surface area is 213 Å². The lowest BCUT2D eigenvalue weighted by Gasteiger charge is -2.13. The van der Waals surface area contributed by atoms with Gasteiger partial charge in [0.1, 0.15) is 0 Å². The highest BCUT2D eigenvalue weighted by atomic mass is 35.5. The van der Waals surface area contributed by atoms with Crippen molar-refractivity contribution in [3.63, 3.8) is 0 Å². The van der Waals surface area contributed by atoms with E-state index in [0.717, 1.165) is 17.7 Å². The van der Waals surface area contributed by atoms with Gasteiger partial charge in [0.15, 0.2) is 18.2 Å². The Bertz CT molecular complexity index is 1260. The van der Waals surface area contributed by atoms with Gasteiger partial charge in [0.25, 0.3) is 0 Å². The third kappa shape index (κ3) is 7.91. The molecular weight excluding hydrogens is 520 g/mol. The number of carboxylic acid groups (broad SMARTS) is 1. The minimum atomic E-state index is -3.97. The van der Waals surface area contributed by atoms with E-state index in [1.807, 2.05) is 0 Å². The molecular formula is C24H24Cl2FNO6S. The highest BCUT2D eigenvalue weighted by Crippen LogP contribution is 2.26. The number of carbonyl (C=O) groups is 1. The number of nitrogens with one attached hydrogen (secondary N) is 1. The molecule has 0 aliphatic carbocycles. The Morgan fingerprint density at radius 1 is 1.06 bits per heavy atom. The third-order valence-electron chi connectivity index (χ3n) is 4.96. The zero-order valence-electron chi connectivity index (χ0n) is 18.4. The van der Waals surface area contributed by atoms with Crippen molar-refractivity contribution in [3.8, 4) is 5.75 Å². The molecule has 0 amide bonds. The van der Waals surface area contributed by atoms with E-state index in [1.165, 1.54) is 18.2 Å². The molecule has 0 fully saturated rings. The molecule has 0 unspecified atom stereocenters. The van der Waals surface area contributed by atoms with Crippen molar-refractivity contribution in [3.05, 3.63) is 88.7 Å². The second kappa shape index (κ2) is 12.9. The second-order valence-electron chi connectivity index (χ2n) is 7.45. The molecule has 0 heterocycles. The maximum atomic E-state index is 14.2. The minimum absolute atomic E-state index is 0. The fourth-order valence-corrected chi connectivity index (χ4v) is 4.65. The fourth-order valence-electron chi connectivity index (χ4n) is 3.18. The lowest BCUT2D eigenvalue weighted by molar-refractivity contribution is -0.139. The molecule has 0 radical (unpaired) electrons. The summed E-state index contributed by atoms with van der Waals surface area (Å²) in [6.07, 6.45) is -0.0974. The van der Waals surface area contributed by atoms with Gasteiger partial charge in [-0.3, -0.25) is 0 Å². The maximum Gasteiger partial charge on any atom is 0.341 e. The van der Waals surface area contributed by atoms with Crippen molar-refractivity contribution in [2.75, 3.05) is 19.7 Å². The number of sulfone groups is 1. The Hall–Kier alpha value is -2.69. The number of aliphatic hydroxyl groups is 1. The first-order valence-corrected chi connectivity index (χ1v) is 12.2. The molecule has 0 aromatic heterocycles. The van der Waals surface area contributed by atoms with Crippen molar-refractivity contribution in [1.82, 2.24) is 5.32 Å². The number of rotatable bonds is 11. The standard InChI is InChI=1S/C24H23ClFNO6S.ClH/c25-18-3-1-2-17(12-18)22(28)14-27-11-10-16-4-6-19(7-5-16)34(31,32)20-8-9-23(21(26)13-20)33-15-24(29)30;/h1-9,12-13,22,27-28H,10-11,14-15H2,(H,29,30);1H/t22-;/m1./s1. The topological polar surface area (TPSA) is 113 Å². The Morgan fingerprint density at radius 2 is 1.74 bits per heavy atom. The largest absolute Gasteiger partial charge is 0.479 e. The number of ether oxygens (including phenoxy) is 1. The summed E-state index contributed by atoms with van der Waals surface area (Å²) in [5, 5.41) is 22.5. The normalized spacial score (nSPS) is 12.0. The Balaban J connectivity index is 0.00000432. The van der Waals surface area contributed by atoms with E-state index < -0.39 is 34.3 Å². The lowest BCUT2D eigenvalue weighted by Crippen LogP contribution is -2.23. The van der Waals surface area contributed by atoms with Crippen LogP contribution in [0.1, 0.15) is 17.2 Å². The first-order chi connectivity index (χ1) is 16.2. The van der Waals surface area contributed by atoms with Crippen LogP contribution in [0, 0.1) is 5.82 Å². The Morgan fingerprint density at radius 3 is 2.37 bits per heavy atom. The highest BCUT2D eigenvalue weighted by Gasteiger charge is 2.20. The van der Waals surface area contributed by atoms with E-state index in [1.54, 1.807) is 36.4 Å². The molecule has 11 heteroatoms. The zero-order chi connectivity index (χ0) is 24.7. The molecule has 1 atom stereocenters. The van der Waals surface area contributed by atoms with Gasteiger partial charge in [-0.1, -0.05) is 35.9 Å². The van der Waals surface area contributed by atoms with Crippen LogP contribution in [0.15, 0.2) is 76.5 Å². The third-order valence-corrected chi connectivity index (χ3v) is 6.96. The SMILES string of the molecule is Cl.O=C(O)COc1ccc(S(=O)(=O)c2ccc(CCNC[C@@H](O)c3cccc(Cl)c3)cc2)cc1F. The predicted molar refractivity (Wildman–Crippen MR) is 132 cm³/mol. The summed E-state index contributed by atoms with van der Waals surface area (Å²) in [6.45, 7) is 0.163. The summed E-state index contributed by atoms with van der Waals surface area (Å²) in [6, 6.07) is 16.3. The number of hydrogen-bond acceptors (Lipinski definition) is 6. The molecule has 3 rings (SSSR count).